The second-order valence-electron chi connectivity index (χ2n) is 6.56. The van der Waals surface area contributed by atoms with Gasteiger partial charge in [0.15, 0.2) is 17.2 Å². The molecule has 0 aliphatic carbocycles. The molecule has 29 heavy (non-hydrogen) atoms. The lowest BCUT2D eigenvalue weighted by atomic mass is 10.1. The van der Waals surface area contributed by atoms with Crippen LogP contribution in [0.2, 0.25) is 0 Å². The standard InChI is InChI=1S/C22H23N3O4/c1-14-12-18(26)21(24-25(14)17-8-6-5-7-9-17)22(27)23-15(2)16-10-11-19(28-3)20(13-16)29-4/h5-13,15H,1-4H3,(H,23,27). The van der Waals surface area contributed by atoms with Crippen LogP contribution in [0.1, 0.15) is 34.7 Å². The van der Waals surface area contributed by atoms with Crippen molar-refractivity contribution in [3.63, 3.8) is 0 Å². The van der Waals surface area contributed by atoms with Crippen LogP contribution in [-0.2, 0) is 0 Å². The highest BCUT2D eigenvalue weighted by Gasteiger charge is 2.19. The third-order valence-electron chi connectivity index (χ3n) is 4.58. The Bertz CT molecular complexity index is 1080. The molecule has 0 fully saturated rings. The molecule has 0 aliphatic heterocycles. The van der Waals surface area contributed by atoms with E-state index in [1.807, 2.05) is 43.3 Å². The first-order valence-corrected chi connectivity index (χ1v) is 9.13. The van der Waals surface area contributed by atoms with E-state index in [1.54, 1.807) is 38.0 Å². The largest absolute Gasteiger partial charge is 0.493 e. The van der Waals surface area contributed by atoms with Gasteiger partial charge < -0.3 is 14.8 Å². The first-order valence-electron chi connectivity index (χ1n) is 9.13. The van der Waals surface area contributed by atoms with Crippen molar-refractivity contribution in [2.24, 2.45) is 0 Å². The maximum Gasteiger partial charge on any atom is 0.276 e. The van der Waals surface area contributed by atoms with E-state index in [1.165, 1.54) is 6.07 Å². The summed E-state index contributed by atoms with van der Waals surface area (Å²) in [6, 6.07) is 15.8. The second kappa shape index (κ2) is 8.60. The van der Waals surface area contributed by atoms with Crippen LogP contribution < -0.4 is 20.2 Å². The van der Waals surface area contributed by atoms with Crippen LogP contribution in [0.3, 0.4) is 0 Å². The van der Waals surface area contributed by atoms with Crippen LogP contribution in [0.4, 0.5) is 0 Å². The molecule has 0 saturated heterocycles. The number of hydrogen-bond acceptors (Lipinski definition) is 5. The summed E-state index contributed by atoms with van der Waals surface area (Å²) in [5.41, 5.74) is 1.64. The molecule has 3 aromatic rings. The van der Waals surface area contributed by atoms with Crippen molar-refractivity contribution >= 4 is 5.91 Å². The molecule has 1 amide bonds. The Kier molecular flexibility index (Phi) is 5.97. The Hall–Kier alpha value is -3.61. The average Bonchev–Trinajstić information content (AvgIpc) is 2.73. The minimum atomic E-state index is -0.540. The summed E-state index contributed by atoms with van der Waals surface area (Å²) in [5.74, 6) is 0.619. The van der Waals surface area contributed by atoms with E-state index < -0.39 is 11.3 Å². The Morgan fingerprint density at radius 3 is 2.38 bits per heavy atom. The number of methoxy groups -OCH3 is 2. The lowest BCUT2D eigenvalue weighted by Gasteiger charge is -2.17. The minimum absolute atomic E-state index is 0.160. The van der Waals surface area contributed by atoms with E-state index in [-0.39, 0.29) is 11.7 Å². The van der Waals surface area contributed by atoms with Crippen molar-refractivity contribution in [3.8, 4) is 17.2 Å². The van der Waals surface area contributed by atoms with Crippen LogP contribution in [-0.4, -0.2) is 29.9 Å². The van der Waals surface area contributed by atoms with Crippen molar-refractivity contribution in [3.05, 3.63) is 81.8 Å². The number of para-hydroxylation sites is 1. The zero-order valence-corrected chi connectivity index (χ0v) is 16.8. The number of benzene rings is 2. The normalized spacial score (nSPS) is 11.6. The third-order valence-corrected chi connectivity index (χ3v) is 4.58. The third kappa shape index (κ3) is 4.29. The van der Waals surface area contributed by atoms with Gasteiger partial charge in [0.25, 0.3) is 5.91 Å². The van der Waals surface area contributed by atoms with E-state index in [2.05, 4.69) is 10.4 Å². The smallest absolute Gasteiger partial charge is 0.276 e. The lowest BCUT2D eigenvalue weighted by Crippen LogP contribution is -2.33. The predicted molar refractivity (Wildman–Crippen MR) is 110 cm³/mol. The van der Waals surface area contributed by atoms with Crippen LogP contribution in [0.15, 0.2) is 59.4 Å². The average molecular weight is 393 g/mol. The molecule has 1 heterocycles. The molecule has 1 aromatic heterocycles. The van der Waals surface area contributed by atoms with Crippen LogP contribution in [0.25, 0.3) is 5.69 Å². The van der Waals surface area contributed by atoms with Gasteiger partial charge in [-0.05, 0) is 43.7 Å². The first kappa shape index (κ1) is 20.1. The number of nitrogens with one attached hydrogen (secondary N) is 1. The molecule has 1 unspecified atom stereocenters. The molecule has 0 saturated carbocycles. The molecule has 7 heteroatoms. The molecule has 3 rings (SSSR count). The number of nitrogens with zero attached hydrogens (tertiary/aromatic N) is 2. The summed E-state index contributed by atoms with van der Waals surface area (Å²) in [4.78, 5) is 25.2. The summed E-state index contributed by atoms with van der Waals surface area (Å²) in [6.07, 6.45) is 0. The molecule has 0 radical (unpaired) electrons. The molecular formula is C22H23N3O4. The van der Waals surface area contributed by atoms with Gasteiger partial charge in [0.1, 0.15) is 0 Å². The van der Waals surface area contributed by atoms with Crippen molar-refractivity contribution in [1.82, 2.24) is 15.1 Å². The van der Waals surface area contributed by atoms with Crippen molar-refractivity contribution < 1.29 is 14.3 Å². The first-order chi connectivity index (χ1) is 13.9. The van der Waals surface area contributed by atoms with Crippen LogP contribution >= 0.6 is 0 Å². The van der Waals surface area contributed by atoms with Gasteiger partial charge in [-0.3, -0.25) is 9.59 Å². The molecule has 2 aromatic carbocycles. The Morgan fingerprint density at radius 2 is 1.72 bits per heavy atom. The fraction of sp³-hybridized carbons (Fsp3) is 0.227. The van der Waals surface area contributed by atoms with E-state index in [0.717, 1.165) is 11.3 Å². The number of aromatic nitrogens is 2. The van der Waals surface area contributed by atoms with Crippen LogP contribution in [0.5, 0.6) is 11.5 Å². The molecule has 0 aliphatic rings. The molecule has 150 valence electrons. The second-order valence-corrected chi connectivity index (χ2v) is 6.56. The molecule has 0 bridgehead atoms. The quantitative estimate of drug-likeness (QED) is 0.696. The summed E-state index contributed by atoms with van der Waals surface area (Å²) < 4.78 is 12.1. The van der Waals surface area contributed by atoms with Gasteiger partial charge in [-0.25, -0.2) is 4.68 Å². The van der Waals surface area contributed by atoms with Gasteiger partial charge in [-0.15, -0.1) is 0 Å². The van der Waals surface area contributed by atoms with Crippen LogP contribution in [0, 0.1) is 6.92 Å². The number of hydrogen-bond donors (Lipinski definition) is 1. The Morgan fingerprint density at radius 1 is 1.03 bits per heavy atom. The van der Waals surface area contributed by atoms with Gasteiger partial charge in [0.05, 0.1) is 25.9 Å². The number of aryl methyl sites for hydroxylation is 1. The zero-order chi connectivity index (χ0) is 21.0. The number of rotatable bonds is 6. The van der Waals surface area contributed by atoms with Gasteiger partial charge in [0.2, 0.25) is 5.43 Å². The van der Waals surface area contributed by atoms with E-state index in [0.29, 0.717) is 17.2 Å². The van der Waals surface area contributed by atoms with Gasteiger partial charge >= 0.3 is 0 Å². The maximum atomic E-state index is 12.8. The molecular weight excluding hydrogens is 370 g/mol. The summed E-state index contributed by atoms with van der Waals surface area (Å²) in [5, 5.41) is 7.13. The minimum Gasteiger partial charge on any atom is -0.493 e. The summed E-state index contributed by atoms with van der Waals surface area (Å²) in [6.45, 7) is 3.60. The summed E-state index contributed by atoms with van der Waals surface area (Å²) >= 11 is 0. The molecule has 1 N–H and O–H groups in total. The monoisotopic (exact) mass is 393 g/mol. The van der Waals surface area contributed by atoms with E-state index in [4.69, 9.17) is 9.47 Å². The predicted octanol–water partition coefficient (Wildman–Crippen LogP) is 3.05. The highest BCUT2D eigenvalue weighted by atomic mass is 16.5. The number of carbonyl (C=O) groups excluding carboxylic acids is 1. The SMILES string of the molecule is COc1ccc(C(C)NC(=O)c2nn(-c3ccccc3)c(C)cc2=O)cc1OC. The van der Waals surface area contributed by atoms with Gasteiger partial charge in [-0.1, -0.05) is 24.3 Å². The van der Waals surface area contributed by atoms with Crippen molar-refractivity contribution in [2.45, 2.75) is 19.9 Å². The zero-order valence-electron chi connectivity index (χ0n) is 16.8. The van der Waals surface area contributed by atoms with E-state index >= 15 is 0 Å². The Balaban J connectivity index is 1.88. The number of amides is 1. The van der Waals surface area contributed by atoms with Crippen molar-refractivity contribution in [2.75, 3.05) is 14.2 Å². The topological polar surface area (TPSA) is 82.5 Å². The number of ether oxygens (including phenoxy) is 2. The fourth-order valence-corrected chi connectivity index (χ4v) is 3.01. The Labute approximate surface area is 168 Å². The maximum absolute atomic E-state index is 12.8. The van der Waals surface area contributed by atoms with Gasteiger partial charge in [0, 0.05) is 11.8 Å². The molecule has 1 atom stereocenters. The lowest BCUT2D eigenvalue weighted by molar-refractivity contribution is 0.0931. The van der Waals surface area contributed by atoms with Crippen molar-refractivity contribution in [1.29, 1.82) is 0 Å². The number of carbonyl (C=O) groups is 1. The van der Waals surface area contributed by atoms with Gasteiger partial charge in [-0.2, -0.15) is 5.10 Å². The highest BCUT2D eigenvalue weighted by Crippen LogP contribution is 2.29. The molecule has 0 spiro atoms. The molecule has 7 nitrogen and oxygen atoms in total. The van der Waals surface area contributed by atoms with E-state index in [9.17, 15) is 9.59 Å². The highest BCUT2D eigenvalue weighted by molar-refractivity contribution is 5.92. The fourth-order valence-electron chi connectivity index (χ4n) is 3.01. The summed E-state index contributed by atoms with van der Waals surface area (Å²) in [7, 11) is 3.11.